The summed E-state index contributed by atoms with van der Waals surface area (Å²) in [5.41, 5.74) is 1.91. The second-order valence-electron chi connectivity index (χ2n) is 3.54. The Balaban J connectivity index is 3.21. The van der Waals surface area contributed by atoms with Gasteiger partial charge in [-0.15, -0.1) is 6.42 Å². The van der Waals surface area contributed by atoms with Crippen LogP contribution in [-0.2, 0) is 0 Å². The lowest BCUT2D eigenvalue weighted by atomic mass is 10.1. The first-order chi connectivity index (χ1) is 7.60. The van der Waals surface area contributed by atoms with Gasteiger partial charge in [-0.3, -0.25) is 0 Å². The summed E-state index contributed by atoms with van der Waals surface area (Å²) in [5.74, 6) is 1.61. The summed E-state index contributed by atoms with van der Waals surface area (Å²) in [6, 6.07) is 5.36. The third-order valence-corrected chi connectivity index (χ3v) is 2.39. The van der Waals surface area contributed by atoms with E-state index < -0.39 is 5.97 Å². The molecule has 1 rings (SSSR count). The molecule has 1 aromatic carbocycles. The summed E-state index contributed by atoms with van der Waals surface area (Å²) in [7, 11) is 0. The summed E-state index contributed by atoms with van der Waals surface area (Å²) in [5, 5.41) is 9.12. The molecule has 0 aromatic heterocycles. The van der Waals surface area contributed by atoms with Gasteiger partial charge >= 0.3 is 5.97 Å². The quantitative estimate of drug-likeness (QED) is 0.786. The number of hydrogen-bond donors (Lipinski definition) is 1. The van der Waals surface area contributed by atoms with Gasteiger partial charge in [-0.2, -0.15) is 0 Å². The number of hydrogen-bond acceptors (Lipinski definition) is 2. The van der Waals surface area contributed by atoms with Gasteiger partial charge in [-0.1, -0.05) is 17.6 Å². The molecule has 1 N–H and O–H groups in total. The molecule has 1 aromatic rings. The molecule has 0 saturated carbocycles. The maximum absolute atomic E-state index is 11.1. The van der Waals surface area contributed by atoms with Crippen LogP contribution < -0.4 is 4.90 Å². The third-order valence-electron chi connectivity index (χ3n) is 2.39. The van der Waals surface area contributed by atoms with Crippen LogP contribution in [0.1, 0.15) is 22.8 Å². The van der Waals surface area contributed by atoms with E-state index in [9.17, 15) is 4.79 Å². The zero-order valence-electron chi connectivity index (χ0n) is 9.53. The molecule has 0 bridgehead atoms. The van der Waals surface area contributed by atoms with Gasteiger partial charge in [0.25, 0.3) is 0 Å². The van der Waals surface area contributed by atoms with E-state index in [0.29, 0.717) is 24.3 Å². The molecule has 0 unspecified atom stereocenters. The number of benzene rings is 1. The van der Waals surface area contributed by atoms with Gasteiger partial charge in [0.15, 0.2) is 0 Å². The predicted octanol–water partition coefficient (Wildman–Crippen LogP) is 2.15. The number of anilines is 1. The van der Waals surface area contributed by atoms with Gasteiger partial charge in [0.05, 0.1) is 17.8 Å². The number of carboxylic acids is 1. The van der Waals surface area contributed by atoms with E-state index in [1.165, 1.54) is 0 Å². The van der Waals surface area contributed by atoms with Crippen LogP contribution in [0.5, 0.6) is 0 Å². The molecule has 0 radical (unpaired) electrons. The Bertz CT molecular complexity index is 432. The number of carboxylic acid groups (broad SMARTS) is 1. The minimum atomic E-state index is -0.922. The van der Waals surface area contributed by atoms with Crippen molar-refractivity contribution in [1.29, 1.82) is 0 Å². The molecule has 0 fully saturated rings. The van der Waals surface area contributed by atoms with Crippen molar-refractivity contribution in [3.05, 3.63) is 29.3 Å². The minimum Gasteiger partial charge on any atom is -0.478 e. The zero-order chi connectivity index (χ0) is 12.1. The molecule has 0 amide bonds. The van der Waals surface area contributed by atoms with Crippen molar-refractivity contribution in [3.63, 3.8) is 0 Å². The van der Waals surface area contributed by atoms with Gasteiger partial charge < -0.3 is 10.0 Å². The SMILES string of the molecule is C#CCN(CC)c1ccc(C)cc1C(=O)O. The number of aryl methyl sites for hydroxylation is 1. The normalized spacial score (nSPS) is 9.56. The predicted molar refractivity (Wildman–Crippen MR) is 64.9 cm³/mol. The molecule has 0 spiro atoms. The van der Waals surface area contributed by atoms with E-state index >= 15 is 0 Å². The van der Waals surface area contributed by atoms with Crippen molar-refractivity contribution in [3.8, 4) is 12.3 Å². The van der Waals surface area contributed by atoms with Gasteiger partial charge in [0.1, 0.15) is 0 Å². The second-order valence-corrected chi connectivity index (χ2v) is 3.54. The fourth-order valence-electron chi connectivity index (χ4n) is 1.57. The molecule has 3 heteroatoms. The van der Waals surface area contributed by atoms with Crippen LogP contribution in [0.3, 0.4) is 0 Å². The molecule has 0 saturated heterocycles. The molecule has 0 aliphatic heterocycles. The van der Waals surface area contributed by atoms with Gasteiger partial charge in [-0.25, -0.2) is 4.79 Å². The fraction of sp³-hybridized carbons (Fsp3) is 0.308. The first-order valence-corrected chi connectivity index (χ1v) is 5.12. The molecule has 0 atom stereocenters. The van der Waals surface area contributed by atoms with Crippen LogP contribution in [0.25, 0.3) is 0 Å². The summed E-state index contributed by atoms with van der Waals surface area (Å²) in [4.78, 5) is 13.0. The van der Waals surface area contributed by atoms with Crippen molar-refractivity contribution in [1.82, 2.24) is 0 Å². The van der Waals surface area contributed by atoms with Crippen LogP contribution in [0, 0.1) is 19.3 Å². The zero-order valence-corrected chi connectivity index (χ0v) is 9.53. The summed E-state index contributed by atoms with van der Waals surface area (Å²) in [6.45, 7) is 4.92. The number of nitrogens with zero attached hydrogens (tertiary/aromatic N) is 1. The van der Waals surface area contributed by atoms with E-state index in [0.717, 1.165) is 5.56 Å². The summed E-state index contributed by atoms with van der Waals surface area (Å²) >= 11 is 0. The lowest BCUT2D eigenvalue weighted by molar-refractivity contribution is 0.0697. The summed E-state index contributed by atoms with van der Waals surface area (Å²) < 4.78 is 0. The monoisotopic (exact) mass is 217 g/mol. The first kappa shape index (κ1) is 12.1. The van der Waals surface area contributed by atoms with Crippen LogP contribution in [-0.4, -0.2) is 24.2 Å². The van der Waals surface area contributed by atoms with Gasteiger partial charge in [0, 0.05) is 6.54 Å². The Hall–Kier alpha value is -1.95. The van der Waals surface area contributed by atoms with E-state index in [1.807, 2.05) is 24.8 Å². The van der Waals surface area contributed by atoms with Crippen molar-refractivity contribution in [2.24, 2.45) is 0 Å². The number of terminal acetylenes is 1. The lowest BCUT2D eigenvalue weighted by Gasteiger charge is -2.22. The molecule has 0 aliphatic carbocycles. The van der Waals surface area contributed by atoms with E-state index in [2.05, 4.69) is 5.92 Å². The van der Waals surface area contributed by atoms with E-state index in [1.54, 1.807) is 12.1 Å². The smallest absolute Gasteiger partial charge is 0.337 e. The van der Waals surface area contributed by atoms with E-state index in [4.69, 9.17) is 11.5 Å². The Kier molecular flexibility index (Phi) is 3.96. The summed E-state index contributed by atoms with van der Waals surface area (Å²) in [6.07, 6.45) is 5.26. The highest BCUT2D eigenvalue weighted by Gasteiger charge is 2.14. The standard InChI is InChI=1S/C13H15NO2/c1-4-8-14(5-2)12-7-6-10(3)9-11(12)13(15)16/h1,6-7,9H,5,8H2,2-3H3,(H,15,16). The van der Waals surface area contributed by atoms with Crippen molar-refractivity contribution < 1.29 is 9.90 Å². The number of carbonyl (C=O) groups is 1. The lowest BCUT2D eigenvalue weighted by Crippen LogP contribution is -2.25. The number of rotatable bonds is 4. The molecule has 0 heterocycles. The molecular formula is C13H15NO2. The highest BCUT2D eigenvalue weighted by molar-refractivity contribution is 5.94. The maximum Gasteiger partial charge on any atom is 0.337 e. The average molecular weight is 217 g/mol. The van der Waals surface area contributed by atoms with Crippen LogP contribution in [0.2, 0.25) is 0 Å². The largest absolute Gasteiger partial charge is 0.478 e. The van der Waals surface area contributed by atoms with Crippen molar-refractivity contribution in [2.45, 2.75) is 13.8 Å². The second kappa shape index (κ2) is 5.22. The Labute approximate surface area is 95.7 Å². The highest BCUT2D eigenvalue weighted by atomic mass is 16.4. The van der Waals surface area contributed by atoms with Gasteiger partial charge in [0.2, 0.25) is 0 Å². The topological polar surface area (TPSA) is 40.5 Å². The van der Waals surface area contributed by atoms with Crippen LogP contribution >= 0.6 is 0 Å². The molecule has 84 valence electrons. The average Bonchev–Trinajstić information content (AvgIpc) is 2.26. The van der Waals surface area contributed by atoms with Crippen molar-refractivity contribution >= 4 is 11.7 Å². The first-order valence-electron chi connectivity index (χ1n) is 5.12. The van der Waals surface area contributed by atoms with Gasteiger partial charge in [-0.05, 0) is 26.0 Å². The maximum atomic E-state index is 11.1. The minimum absolute atomic E-state index is 0.303. The Morgan fingerprint density at radius 1 is 1.56 bits per heavy atom. The Morgan fingerprint density at radius 3 is 2.75 bits per heavy atom. The van der Waals surface area contributed by atoms with Crippen LogP contribution in [0.15, 0.2) is 18.2 Å². The molecule has 3 nitrogen and oxygen atoms in total. The van der Waals surface area contributed by atoms with Crippen LogP contribution in [0.4, 0.5) is 5.69 Å². The fourth-order valence-corrected chi connectivity index (χ4v) is 1.57. The molecular weight excluding hydrogens is 202 g/mol. The Morgan fingerprint density at radius 2 is 2.25 bits per heavy atom. The van der Waals surface area contributed by atoms with Crippen molar-refractivity contribution in [2.75, 3.05) is 18.0 Å². The van der Waals surface area contributed by atoms with E-state index in [-0.39, 0.29) is 0 Å². The molecule has 16 heavy (non-hydrogen) atoms. The molecule has 0 aliphatic rings. The third kappa shape index (κ3) is 2.54. The number of aromatic carboxylic acids is 1. The highest BCUT2D eigenvalue weighted by Crippen LogP contribution is 2.21.